The van der Waals surface area contributed by atoms with Gasteiger partial charge in [-0.3, -0.25) is 0 Å². The van der Waals surface area contributed by atoms with Crippen molar-refractivity contribution in [1.29, 1.82) is 0 Å². The first kappa shape index (κ1) is 7.34. The largest absolute Gasteiger partial charge is 0.303 e. The average Bonchev–Trinajstić information content (AvgIpc) is 2.39. The molecule has 0 aromatic heterocycles. The highest BCUT2D eigenvalue weighted by Gasteiger charge is 2.32. The van der Waals surface area contributed by atoms with Gasteiger partial charge < -0.3 is 4.79 Å². The Morgan fingerprint density at radius 1 is 1.50 bits per heavy atom. The van der Waals surface area contributed by atoms with Crippen molar-refractivity contribution in [3.05, 3.63) is 0 Å². The first-order chi connectivity index (χ1) is 4.83. The van der Waals surface area contributed by atoms with E-state index < -0.39 is 0 Å². The van der Waals surface area contributed by atoms with Crippen molar-refractivity contribution < 1.29 is 4.79 Å². The van der Waals surface area contributed by atoms with Crippen molar-refractivity contribution in [3.63, 3.8) is 0 Å². The Bertz CT molecular complexity index is 158. The Balaban J connectivity index is 2.59. The lowest BCUT2D eigenvalue weighted by Gasteiger charge is -2.17. The van der Waals surface area contributed by atoms with Crippen LogP contribution >= 0.6 is 0 Å². The van der Waals surface area contributed by atoms with Gasteiger partial charge in [0, 0.05) is 11.8 Å². The molecular weight excluding hydrogens is 124 g/mol. The fourth-order valence-electron chi connectivity index (χ4n) is 1.62. The zero-order chi connectivity index (χ0) is 7.45. The molecule has 1 aliphatic rings. The number of aldehydes is 1. The van der Waals surface area contributed by atoms with Crippen molar-refractivity contribution in [2.24, 2.45) is 5.41 Å². The van der Waals surface area contributed by atoms with Gasteiger partial charge in [-0.2, -0.15) is 0 Å². The van der Waals surface area contributed by atoms with E-state index in [1.807, 2.05) is 0 Å². The van der Waals surface area contributed by atoms with Crippen molar-refractivity contribution in [3.8, 4) is 12.3 Å². The molecule has 1 nitrogen and oxygen atoms in total. The summed E-state index contributed by atoms with van der Waals surface area (Å²) in [5.74, 6) is 2.57. The van der Waals surface area contributed by atoms with Gasteiger partial charge in [0.15, 0.2) is 0 Å². The Morgan fingerprint density at radius 3 is 2.50 bits per heavy atom. The van der Waals surface area contributed by atoms with Gasteiger partial charge >= 0.3 is 0 Å². The van der Waals surface area contributed by atoms with Gasteiger partial charge in [0.2, 0.25) is 0 Å². The van der Waals surface area contributed by atoms with Gasteiger partial charge in [-0.15, -0.1) is 12.3 Å². The van der Waals surface area contributed by atoms with Crippen LogP contribution in [-0.4, -0.2) is 6.29 Å². The van der Waals surface area contributed by atoms with Crippen LogP contribution in [0.1, 0.15) is 32.1 Å². The highest BCUT2D eigenvalue weighted by atomic mass is 16.1. The summed E-state index contributed by atoms with van der Waals surface area (Å²) in [6.07, 6.45) is 11.2. The third-order valence-electron chi connectivity index (χ3n) is 2.30. The topological polar surface area (TPSA) is 17.1 Å². The highest BCUT2D eigenvalue weighted by Crippen LogP contribution is 2.38. The third-order valence-corrected chi connectivity index (χ3v) is 2.30. The molecule has 0 aliphatic heterocycles. The van der Waals surface area contributed by atoms with E-state index in [9.17, 15) is 4.79 Å². The monoisotopic (exact) mass is 136 g/mol. The van der Waals surface area contributed by atoms with E-state index in [1.54, 1.807) is 0 Å². The average molecular weight is 136 g/mol. The molecule has 0 bridgehead atoms. The van der Waals surface area contributed by atoms with Crippen LogP contribution in [0, 0.1) is 17.8 Å². The molecule has 0 aromatic rings. The summed E-state index contributed by atoms with van der Waals surface area (Å²) in [7, 11) is 0. The zero-order valence-electron chi connectivity index (χ0n) is 6.10. The minimum atomic E-state index is -0.130. The molecule has 0 spiro atoms. The molecular formula is C9H12O. The number of hydrogen-bond donors (Lipinski definition) is 0. The third kappa shape index (κ3) is 1.21. The fourth-order valence-corrected chi connectivity index (χ4v) is 1.62. The number of carbonyl (C=O) groups excluding carboxylic acids is 1. The predicted molar refractivity (Wildman–Crippen MR) is 40.4 cm³/mol. The zero-order valence-corrected chi connectivity index (χ0v) is 6.10. The normalized spacial score (nSPS) is 21.9. The summed E-state index contributed by atoms with van der Waals surface area (Å²) >= 11 is 0. The molecule has 1 saturated carbocycles. The van der Waals surface area contributed by atoms with Crippen LogP contribution in [0.2, 0.25) is 0 Å². The van der Waals surface area contributed by atoms with Gasteiger partial charge in [-0.05, 0) is 12.8 Å². The van der Waals surface area contributed by atoms with Crippen LogP contribution in [0.25, 0.3) is 0 Å². The molecule has 0 amide bonds. The predicted octanol–water partition coefficient (Wildman–Crippen LogP) is 1.77. The molecule has 1 aliphatic carbocycles. The quantitative estimate of drug-likeness (QED) is 0.417. The smallest absolute Gasteiger partial charge is 0.127 e. The maximum absolute atomic E-state index is 10.6. The van der Waals surface area contributed by atoms with E-state index >= 15 is 0 Å². The van der Waals surface area contributed by atoms with E-state index in [0.29, 0.717) is 6.42 Å². The Morgan fingerprint density at radius 2 is 2.10 bits per heavy atom. The Labute approximate surface area is 61.8 Å². The molecule has 0 saturated heterocycles. The minimum Gasteiger partial charge on any atom is -0.303 e. The molecule has 0 heterocycles. The molecule has 1 rings (SSSR count). The summed E-state index contributed by atoms with van der Waals surface area (Å²) in [6.45, 7) is 0. The van der Waals surface area contributed by atoms with E-state index in [1.165, 1.54) is 12.8 Å². The van der Waals surface area contributed by atoms with E-state index in [-0.39, 0.29) is 5.41 Å². The lowest BCUT2D eigenvalue weighted by atomic mass is 9.85. The SMILES string of the molecule is C#CCC1(C=O)CCCC1. The first-order valence-corrected chi connectivity index (χ1v) is 3.73. The van der Waals surface area contributed by atoms with Crippen LogP contribution in [0.5, 0.6) is 0 Å². The van der Waals surface area contributed by atoms with Crippen molar-refractivity contribution in [2.45, 2.75) is 32.1 Å². The van der Waals surface area contributed by atoms with Gasteiger partial charge in [0.05, 0.1) is 0 Å². The molecule has 0 atom stereocenters. The Kier molecular flexibility index (Phi) is 2.11. The van der Waals surface area contributed by atoms with Crippen LogP contribution in [0.3, 0.4) is 0 Å². The van der Waals surface area contributed by atoms with Crippen LogP contribution in [-0.2, 0) is 4.79 Å². The number of rotatable bonds is 2. The van der Waals surface area contributed by atoms with Crippen molar-refractivity contribution >= 4 is 6.29 Å². The second kappa shape index (κ2) is 2.88. The van der Waals surface area contributed by atoms with Gasteiger partial charge in [-0.1, -0.05) is 12.8 Å². The Hall–Kier alpha value is -0.770. The summed E-state index contributed by atoms with van der Waals surface area (Å²) in [5.41, 5.74) is -0.130. The molecule has 1 fully saturated rings. The number of carbonyl (C=O) groups is 1. The minimum absolute atomic E-state index is 0.130. The molecule has 1 heteroatoms. The van der Waals surface area contributed by atoms with Gasteiger partial charge in [-0.25, -0.2) is 0 Å². The number of terminal acetylenes is 1. The summed E-state index contributed by atoms with van der Waals surface area (Å²) in [6, 6.07) is 0. The van der Waals surface area contributed by atoms with E-state index in [2.05, 4.69) is 5.92 Å². The van der Waals surface area contributed by atoms with Crippen molar-refractivity contribution in [2.75, 3.05) is 0 Å². The van der Waals surface area contributed by atoms with Gasteiger partial charge in [0.25, 0.3) is 0 Å². The second-order valence-electron chi connectivity index (χ2n) is 3.07. The van der Waals surface area contributed by atoms with Crippen molar-refractivity contribution in [1.82, 2.24) is 0 Å². The van der Waals surface area contributed by atoms with E-state index in [0.717, 1.165) is 19.1 Å². The number of hydrogen-bond acceptors (Lipinski definition) is 1. The van der Waals surface area contributed by atoms with Crippen LogP contribution in [0.15, 0.2) is 0 Å². The molecule has 10 heavy (non-hydrogen) atoms. The molecule has 0 N–H and O–H groups in total. The summed E-state index contributed by atoms with van der Waals surface area (Å²) in [4.78, 5) is 10.6. The standard InChI is InChI=1S/C9H12O/c1-2-5-9(8-10)6-3-4-7-9/h1,8H,3-7H2. The highest BCUT2D eigenvalue weighted by molar-refractivity contribution is 5.60. The first-order valence-electron chi connectivity index (χ1n) is 3.73. The van der Waals surface area contributed by atoms with Crippen LogP contribution < -0.4 is 0 Å². The van der Waals surface area contributed by atoms with E-state index in [4.69, 9.17) is 6.42 Å². The lowest BCUT2D eigenvalue weighted by Crippen LogP contribution is -2.16. The molecule has 54 valence electrons. The molecule has 0 radical (unpaired) electrons. The fraction of sp³-hybridized carbons (Fsp3) is 0.667. The molecule has 0 aromatic carbocycles. The summed E-state index contributed by atoms with van der Waals surface area (Å²) in [5, 5.41) is 0. The van der Waals surface area contributed by atoms with Crippen LogP contribution in [0.4, 0.5) is 0 Å². The lowest BCUT2D eigenvalue weighted by molar-refractivity contribution is -0.115. The van der Waals surface area contributed by atoms with Gasteiger partial charge in [0.1, 0.15) is 6.29 Å². The molecule has 0 unspecified atom stereocenters. The summed E-state index contributed by atoms with van der Waals surface area (Å²) < 4.78 is 0. The second-order valence-corrected chi connectivity index (χ2v) is 3.07. The maximum Gasteiger partial charge on any atom is 0.127 e. The maximum atomic E-state index is 10.6.